The van der Waals surface area contributed by atoms with E-state index in [-0.39, 0.29) is 0 Å². The number of rotatable bonds is 4. The van der Waals surface area contributed by atoms with Crippen LogP contribution in [0.3, 0.4) is 0 Å². The number of anilines is 1. The lowest BCUT2D eigenvalue weighted by Gasteiger charge is -2.22. The van der Waals surface area contributed by atoms with Gasteiger partial charge in [0.15, 0.2) is 4.77 Å². The van der Waals surface area contributed by atoms with Crippen LogP contribution in [0.2, 0.25) is 0 Å². The Balaban J connectivity index is 2.12. The van der Waals surface area contributed by atoms with E-state index in [0.717, 1.165) is 48.6 Å². The van der Waals surface area contributed by atoms with E-state index in [2.05, 4.69) is 40.4 Å². The Bertz CT molecular complexity index is 449. The van der Waals surface area contributed by atoms with Crippen molar-refractivity contribution in [2.24, 2.45) is 11.8 Å². The lowest BCUT2D eigenvalue weighted by Crippen LogP contribution is -2.28. The maximum atomic E-state index is 5.32. The van der Waals surface area contributed by atoms with Gasteiger partial charge in [0.2, 0.25) is 5.95 Å². The molecule has 1 aliphatic rings. The third-order valence-corrected chi connectivity index (χ3v) is 4.50. The van der Waals surface area contributed by atoms with E-state index in [1.807, 2.05) is 0 Å². The van der Waals surface area contributed by atoms with Gasteiger partial charge in [0.25, 0.3) is 0 Å². The van der Waals surface area contributed by atoms with Gasteiger partial charge in [-0.25, -0.2) is 5.10 Å². The molecule has 0 aromatic carbocycles. The van der Waals surface area contributed by atoms with Crippen LogP contribution in [0, 0.1) is 16.6 Å². The van der Waals surface area contributed by atoms with Gasteiger partial charge >= 0.3 is 0 Å². The molecule has 0 bridgehead atoms. The monoisotopic (exact) mass is 282 g/mol. The van der Waals surface area contributed by atoms with Crippen molar-refractivity contribution in [2.45, 2.75) is 53.0 Å². The quantitative estimate of drug-likeness (QED) is 0.857. The Hall–Kier alpha value is -0.840. The largest absolute Gasteiger partial charge is 0.341 e. The van der Waals surface area contributed by atoms with E-state index in [1.54, 1.807) is 0 Å². The molecule has 1 aromatic heterocycles. The molecule has 0 radical (unpaired) electrons. The van der Waals surface area contributed by atoms with E-state index in [1.165, 1.54) is 19.3 Å². The normalized spacial score (nSPS) is 20.8. The van der Waals surface area contributed by atoms with Gasteiger partial charge in [0, 0.05) is 19.6 Å². The molecule has 1 fully saturated rings. The van der Waals surface area contributed by atoms with Crippen LogP contribution in [0.1, 0.15) is 46.5 Å². The molecule has 4 nitrogen and oxygen atoms in total. The third-order valence-electron chi connectivity index (χ3n) is 4.18. The summed E-state index contributed by atoms with van der Waals surface area (Å²) in [6.07, 6.45) is 4.95. The van der Waals surface area contributed by atoms with Crippen LogP contribution in [0.25, 0.3) is 0 Å². The van der Waals surface area contributed by atoms with Crippen LogP contribution in [-0.2, 0) is 6.54 Å². The van der Waals surface area contributed by atoms with Crippen molar-refractivity contribution in [1.29, 1.82) is 0 Å². The third kappa shape index (κ3) is 3.38. The summed E-state index contributed by atoms with van der Waals surface area (Å²) in [5.41, 5.74) is 0. The van der Waals surface area contributed by atoms with E-state index >= 15 is 0 Å². The second kappa shape index (κ2) is 6.55. The van der Waals surface area contributed by atoms with Gasteiger partial charge in [0.05, 0.1) is 0 Å². The summed E-state index contributed by atoms with van der Waals surface area (Å²) in [5, 5.41) is 7.39. The molecule has 0 spiro atoms. The maximum Gasteiger partial charge on any atom is 0.225 e. The molecule has 0 amide bonds. The minimum atomic E-state index is 0.751. The Labute approximate surface area is 121 Å². The SMILES string of the molecule is CCCn1c(N2CCCC(C(C)C)CC2)n[nH]c1=S. The highest BCUT2D eigenvalue weighted by atomic mass is 32.1. The van der Waals surface area contributed by atoms with E-state index < -0.39 is 0 Å². The number of aromatic amines is 1. The van der Waals surface area contributed by atoms with Gasteiger partial charge in [0.1, 0.15) is 0 Å². The molecule has 1 aliphatic heterocycles. The number of hydrogen-bond acceptors (Lipinski definition) is 3. The van der Waals surface area contributed by atoms with Crippen LogP contribution >= 0.6 is 12.2 Å². The highest BCUT2D eigenvalue weighted by molar-refractivity contribution is 7.71. The van der Waals surface area contributed by atoms with Crippen molar-refractivity contribution < 1.29 is 0 Å². The minimum Gasteiger partial charge on any atom is -0.341 e. The average Bonchev–Trinajstić information content (AvgIpc) is 2.63. The van der Waals surface area contributed by atoms with Crippen LogP contribution in [0.4, 0.5) is 5.95 Å². The van der Waals surface area contributed by atoms with Gasteiger partial charge in [-0.2, -0.15) is 0 Å². The van der Waals surface area contributed by atoms with Gasteiger partial charge in [-0.15, -0.1) is 5.10 Å². The molecule has 19 heavy (non-hydrogen) atoms. The van der Waals surface area contributed by atoms with Gasteiger partial charge in [-0.05, 0) is 49.7 Å². The van der Waals surface area contributed by atoms with Crippen molar-refractivity contribution in [3.05, 3.63) is 4.77 Å². The molecular formula is C14H26N4S. The van der Waals surface area contributed by atoms with Crippen LogP contribution < -0.4 is 4.90 Å². The molecule has 1 atom stereocenters. The fourth-order valence-electron chi connectivity index (χ4n) is 2.96. The first-order valence-corrected chi connectivity index (χ1v) is 7.94. The highest BCUT2D eigenvalue weighted by Crippen LogP contribution is 2.26. The van der Waals surface area contributed by atoms with Crippen LogP contribution in [0.5, 0.6) is 0 Å². The molecule has 1 aromatic rings. The first-order valence-electron chi connectivity index (χ1n) is 7.53. The summed E-state index contributed by atoms with van der Waals surface area (Å²) in [6, 6.07) is 0. The number of hydrogen-bond donors (Lipinski definition) is 1. The molecule has 2 heterocycles. The predicted molar refractivity (Wildman–Crippen MR) is 82.1 cm³/mol. The summed E-state index contributed by atoms with van der Waals surface area (Å²) in [7, 11) is 0. The second-order valence-corrected chi connectivity index (χ2v) is 6.29. The number of nitrogens with one attached hydrogen (secondary N) is 1. The van der Waals surface area contributed by atoms with Crippen LogP contribution in [-0.4, -0.2) is 27.9 Å². The zero-order valence-corrected chi connectivity index (χ0v) is 13.2. The molecule has 0 saturated carbocycles. The predicted octanol–water partition coefficient (Wildman–Crippen LogP) is 3.61. The van der Waals surface area contributed by atoms with Crippen molar-refractivity contribution in [2.75, 3.05) is 18.0 Å². The Kier molecular flexibility index (Phi) is 5.02. The molecule has 1 N–H and O–H groups in total. The summed E-state index contributed by atoms with van der Waals surface area (Å²) in [5.74, 6) is 2.68. The standard InChI is InChI=1S/C14H26N4S/c1-4-8-18-13(15-16-14(18)19)17-9-5-6-12(7-10-17)11(2)3/h11-12H,4-10H2,1-3H3,(H,16,19). The van der Waals surface area contributed by atoms with E-state index in [4.69, 9.17) is 12.2 Å². The summed E-state index contributed by atoms with van der Waals surface area (Å²) < 4.78 is 2.90. The van der Waals surface area contributed by atoms with Crippen molar-refractivity contribution in [1.82, 2.24) is 14.8 Å². The van der Waals surface area contributed by atoms with Crippen molar-refractivity contribution in [3.63, 3.8) is 0 Å². The number of aromatic nitrogens is 3. The summed E-state index contributed by atoms with van der Waals surface area (Å²) in [6.45, 7) is 10.0. The van der Waals surface area contributed by atoms with Gasteiger partial charge < -0.3 is 4.90 Å². The molecule has 0 aliphatic carbocycles. The molecule has 1 saturated heterocycles. The number of H-pyrrole nitrogens is 1. The fraction of sp³-hybridized carbons (Fsp3) is 0.857. The highest BCUT2D eigenvalue weighted by Gasteiger charge is 2.22. The summed E-state index contributed by atoms with van der Waals surface area (Å²) >= 11 is 5.32. The Morgan fingerprint density at radius 3 is 2.84 bits per heavy atom. The molecule has 5 heteroatoms. The maximum absolute atomic E-state index is 5.32. The minimum absolute atomic E-state index is 0.751. The average molecular weight is 282 g/mol. The first-order chi connectivity index (χ1) is 9.13. The topological polar surface area (TPSA) is 36.9 Å². The van der Waals surface area contributed by atoms with E-state index in [0.29, 0.717) is 0 Å². The Morgan fingerprint density at radius 1 is 1.37 bits per heavy atom. The molecule has 2 rings (SSSR count). The first kappa shape index (κ1) is 14.6. The van der Waals surface area contributed by atoms with Crippen molar-refractivity contribution in [3.8, 4) is 0 Å². The van der Waals surface area contributed by atoms with Crippen molar-refractivity contribution >= 4 is 18.2 Å². The summed E-state index contributed by atoms with van der Waals surface area (Å²) in [4.78, 5) is 2.41. The van der Waals surface area contributed by atoms with E-state index in [9.17, 15) is 0 Å². The smallest absolute Gasteiger partial charge is 0.225 e. The number of nitrogens with zero attached hydrogens (tertiary/aromatic N) is 3. The van der Waals surface area contributed by atoms with Gasteiger partial charge in [-0.1, -0.05) is 20.8 Å². The Morgan fingerprint density at radius 2 is 2.16 bits per heavy atom. The zero-order valence-electron chi connectivity index (χ0n) is 12.4. The van der Waals surface area contributed by atoms with Crippen LogP contribution in [0.15, 0.2) is 0 Å². The molecular weight excluding hydrogens is 256 g/mol. The van der Waals surface area contributed by atoms with Gasteiger partial charge in [-0.3, -0.25) is 4.57 Å². The fourth-order valence-corrected chi connectivity index (χ4v) is 3.18. The molecule has 108 valence electrons. The lowest BCUT2D eigenvalue weighted by molar-refractivity contribution is 0.351. The molecule has 1 unspecified atom stereocenters. The second-order valence-electron chi connectivity index (χ2n) is 5.90. The lowest BCUT2D eigenvalue weighted by atomic mass is 9.89. The zero-order chi connectivity index (χ0) is 13.8.